The molecule has 0 aromatic heterocycles. The van der Waals surface area contributed by atoms with Crippen LogP contribution in [0.15, 0.2) is 58.3 Å². The van der Waals surface area contributed by atoms with Crippen LogP contribution in [-0.2, 0) is 25.8 Å². The van der Waals surface area contributed by atoms with E-state index in [9.17, 15) is 18.0 Å². The monoisotopic (exact) mass is 432 g/mol. The molecule has 0 saturated heterocycles. The highest BCUT2D eigenvalue weighted by molar-refractivity contribution is 7.99. The molecule has 1 unspecified atom stereocenters. The molecule has 8 heteroatoms. The summed E-state index contributed by atoms with van der Waals surface area (Å²) in [6.45, 7) is 2.30. The van der Waals surface area contributed by atoms with Crippen molar-refractivity contribution in [3.05, 3.63) is 54.1 Å². The SMILES string of the molecule is CC1CSc2ccc(S(=O)(=O)CCC(=O)NCCc3ccccc3)cc2NC1=O. The molecule has 6 nitrogen and oxygen atoms in total. The highest BCUT2D eigenvalue weighted by atomic mass is 32.2. The number of nitrogens with one attached hydrogen (secondary N) is 2. The summed E-state index contributed by atoms with van der Waals surface area (Å²) < 4.78 is 25.3. The van der Waals surface area contributed by atoms with Gasteiger partial charge in [-0.05, 0) is 30.2 Å². The number of rotatable bonds is 7. The predicted octanol–water partition coefficient (Wildman–Crippen LogP) is 2.89. The first-order valence-corrected chi connectivity index (χ1v) is 12.1. The van der Waals surface area contributed by atoms with E-state index in [1.165, 1.54) is 23.9 Å². The van der Waals surface area contributed by atoms with Crippen molar-refractivity contribution < 1.29 is 18.0 Å². The fourth-order valence-electron chi connectivity index (χ4n) is 2.90. The third-order valence-corrected chi connectivity index (χ3v) is 7.73. The Morgan fingerprint density at radius 3 is 2.72 bits per heavy atom. The predicted molar refractivity (Wildman–Crippen MR) is 115 cm³/mol. The van der Waals surface area contributed by atoms with Gasteiger partial charge in [0.25, 0.3) is 0 Å². The molecular formula is C21H24N2O4S2. The van der Waals surface area contributed by atoms with Gasteiger partial charge < -0.3 is 10.6 Å². The van der Waals surface area contributed by atoms with Gasteiger partial charge in [0.2, 0.25) is 11.8 Å². The lowest BCUT2D eigenvalue weighted by Crippen LogP contribution is -2.27. The maximum atomic E-state index is 12.6. The molecule has 0 saturated carbocycles. The Hall–Kier alpha value is -2.32. The average Bonchev–Trinajstić information content (AvgIpc) is 2.85. The summed E-state index contributed by atoms with van der Waals surface area (Å²) in [7, 11) is -3.63. The third-order valence-electron chi connectivity index (χ3n) is 4.68. The maximum Gasteiger partial charge on any atom is 0.228 e. The van der Waals surface area contributed by atoms with Crippen molar-refractivity contribution in [2.24, 2.45) is 5.92 Å². The van der Waals surface area contributed by atoms with Gasteiger partial charge in [0.1, 0.15) is 0 Å². The van der Waals surface area contributed by atoms with Gasteiger partial charge in [-0.15, -0.1) is 11.8 Å². The number of thioether (sulfide) groups is 1. The lowest BCUT2D eigenvalue weighted by atomic mass is 10.1. The van der Waals surface area contributed by atoms with Crippen molar-refractivity contribution in [3.63, 3.8) is 0 Å². The number of benzene rings is 2. The first kappa shape index (κ1) is 21.4. The summed E-state index contributed by atoms with van der Waals surface area (Å²) in [5.74, 6) is -0.193. The second-order valence-corrected chi connectivity index (χ2v) is 10.2. The lowest BCUT2D eigenvalue weighted by molar-refractivity contribution is -0.120. The molecule has 2 aromatic carbocycles. The Bertz CT molecular complexity index is 991. The number of fused-ring (bicyclic) bond motifs is 1. The smallest absolute Gasteiger partial charge is 0.228 e. The Kier molecular flexibility index (Phi) is 6.97. The van der Waals surface area contributed by atoms with Crippen LogP contribution in [0.3, 0.4) is 0 Å². The fourth-order valence-corrected chi connectivity index (χ4v) is 5.17. The Balaban J connectivity index is 1.56. The van der Waals surface area contributed by atoms with Crippen LogP contribution >= 0.6 is 11.8 Å². The van der Waals surface area contributed by atoms with Gasteiger partial charge in [-0.1, -0.05) is 37.3 Å². The molecular weight excluding hydrogens is 408 g/mol. The third kappa shape index (κ3) is 5.83. The van der Waals surface area contributed by atoms with Crippen molar-refractivity contribution in [1.29, 1.82) is 0 Å². The molecule has 2 amide bonds. The molecule has 3 rings (SSSR count). The molecule has 0 fully saturated rings. The highest BCUT2D eigenvalue weighted by Gasteiger charge is 2.23. The van der Waals surface area contributed by atoms with E-state index in [1.54, 1.807) is 6.07 Å². The van der Waals surface area contributed by atoms with E-state index in [-0.39, 0.29) is 34.8 Å². The van der Waals surface area contributed by atoms with Gasteiger partial charge in [0.05, 0.1) is 16.3 Å². The van der Waals surface area contributed by atoms with E-state index < -0.39 is 9.84 Å². The summed E-state index contributed by atoms with van der Waals surface area (Å²) in [4.78, 5) is 25.0. The van der Waals surface area contributed by atoms with Crippen LogP contribution in [0.4, 0.5) is 5.69 Å². The molecule has 154 valence electrons. The second kappa shape index (κ2) is 9.45. The summed E-state index contributed by atoms with van der Waals surface area (Å²) >= 11 is 1.52. The van der Waals surface area contributed by atoms with Gasteiger partial charge in [-0.3, -0.25) is 9.59 Å². The van der Waals surface area contributed by atoms with Crippen LogP contribution in [-0.4, -0.2) is 38.3 Å². The van der Waals surface area contributed by atoms with E-state index in [0.717, 1.165) is 10.5 Å². The summed E-state index contributed by atoms with van der Waals surface area (Å²) in [6.07, 6.45) is 0.590. The molecule has 2 aromatic rings. The second-order valence-electron chi connectivity index (χ2n) is 7.01. The number of amides is 2. The van der Waals surface area contributed by atoms with Crippen molar-refractivity contribution in [2.45, 2.75) is 29.6 Å². The molecule has 1 heterocycles. The van der Waals surface area contributed by atoms with Crippen LogP contribution in [0.5, 0.6) is 0 Å². The zero-order valence-corrected chi connectivity index (χ0v) is 17.8. The van der Waals surface area contributed by atoms with Gasteiger partial charge in [0, 0.05) is 29.5 Å². The topological polar surface area (TPSA) is 92.3 Å². The number of hydrogen-bond acceptors (Lipinski definition) is 5. The van der Waals surface area contributed by atoms with Crippen molar-refractivity contribution >= 4 is 39.1 Å². The van der Waals surface area contributed by atoms with E-state index in [2.05, 4.69) is 10.6 Å². The summed E-state index contributed by atoms with van der Waals surface area (Å²) in [5.41, 5.74) is 1.62. The minimum Gasteiger partial charge on any atom is -0.356 e. The largest absolute Gasteiger partial charge is 0.356 e. The van der Waals surface area contributed by atoms with Crippen LogP contribution in [0.25, 0.3) is 0 Å². The molecule has 1 aliphatic rings. The van der Waals surface area contributed by atoms with E-state index >= 15 is 0 Å². The van der Waals surface area contributed by atoms with Gasteiger partial charge in [-0.25, -0.2) is 8.42 Å². The molecule has 0 spiro atoms. The zero-order valence-electron chi connectivity index (χ0n) is 16.2. The van der Waals surface area contributed by atoms with Gasteiger partial charge in [0.15, 0.2) is 9.84 Å². The van der Waals surface area contributed by atoms with Gasteiger partial charge in [-0.2, -0.15) is 0 Å². The normalized spacial score (nSPS) is 16.4. The number of hydrogen-bond donors (Lipinski definition) is 2. The minimum absolute atomic E-state index is 0.105. The number of carbonyl (C=O) groups excluding carboxylic acids is 2. The molecule has 1 atom stereocenters. The molecule has 0 aliphatic carbocycles. The van der Waals surface area contributed by atoms with Crippen molar-refractivity contribution in [2.75, 3.05) is 23.4 Å². The number of anilines is 1. The van der Waals surface area contributed by atoms with E-state index in [4.69, 9.17) is 0 Å². The Labute approximate surface area is 175 Å². The first-order chi connectivity index (χ1) is 13.8. The average molecular weight is 433 g/mol. The molecule has 1 aliphatic heterocycles. The fraction of sp³-hybridized carbons (Fsp3) is 0.333. The van der Waals surface area contributed by atoms with E-state index in [1.807, 2.05) is 37.3 Å². The molecule has 0 radical (unpaired) electrons. The van der Waals surface area contributed by atoms with Crippen molar-refractivity contribution in [1.82, 2.24) is 5.32 Å². The maximum absolute atomic E-state index is 12.6. The summed E-state index contributed by atoms with van der Waals surface area (Å²) in [5, 5.41) is 5.55. The minimum atomic E-state index is -3.63. The first-order valence-electron chi connectivity index (χ1n) is 9.46. The quantitative estimate of drug-likeness (QED) is 0.702. The van der Waals surface area contributed by atoms with Crippen LogP contribution in [0.2, 0.25) is 0 Å². The summed E-state index contributed by atoms with van der Waals surface area (Å²) in [6, 6.07) is 14.5. The number of sulfone groups is 1. The molecule has 29 heavy (non-hydrogen) atoms. The number of carbonyl (C=O) groups is 2. The molecule has 0 bridgehead atoms. The van der Waals surface area contributed by atoms with Crippen LogP contribution < -0.4 is 10.6 Å². The van der Waals surface area contributed by atoms with Crippen molar-refractivity contribution in [3.8, 4) is 0 Å². The zero-order chi connectivity index (χ0) is 20.9. The van der Waals surface area contributed by atoms with Crippen LogP contribution in [0, 0.1) is 5.92 Å². The van der Waals surface area contributed by atoms with Gasteiger partial charge >= 0.3 is 0 Å². The highest BCUT2D eigenvalue weighted by Crippen LogP contribution is 2.34. The Morgan fingerprint density at radius 1 is 1.21 bits per heavy atom. The lowest BCUT2D eigenvalue weighted by Gasteiger charge is -2.10. The van der Waals surface area contributed by atoms with E-state index in [0.29, 0.717) is 24.4 Å². The van der Waals surface area contributed by atoms with Crippen LogP contribution in [0.1, 0.15) is 18.9 Å². The Morgan fingerprint density at radius 2 is 1.97 bits per heavy atom. The standard InChI is InChI=1S/C21H24N2O4S2/c1-15-14-28-19-8-7-17(13-18(19)23-21(15)25)29(26,27)12-10-20(24)22-11-9-16-5-3-2-4-6-16/h2-8,13,15H,9-12,14H2,1H3,(H,22,24)(H,23,25). The molecule has 2 N–H and O–H groups in total.